The van der Waals surface area contributed by atoms with E-state index in [1.165, 1.54) is 11.2 Å². The van der Waals surface area contributed by atoms with Crippen molar-refractivity contribution in [3.8, 4) is 0 Å². The third kappa shape index (κ3) is 3.82. The molecule has 1 aromatic heterocycles. The zero-order valence-corrected chi connectivity index (χ0v) is 16.9. The number of hydrogen-bond acceptors (Lipinski definition) is 5. The van der Waals surface area contributed by atoms with Gasteiger partial charge in [-0.3, -0.25) is 14.4 Å². The maximum absolute atomic E-state index is 13.4. The molecule has 8 nitrogen and oxygen atoms in total. The number of nitrogens with zero attached hydrogens (tertiary/aromatic N) is 3. The molecule has 2 atom stereocenters. The van der Waals surface area contributed by atoms with E-state index in [0.717, 1.165) is 5.56 Å². The smallest absolute Gasteiger partial charge is 0.290 e. The summed E-state index contributed by atoms with van der Waals surface area (Å²) in [5.74, 6) is -0.568. The van der Waals surface area contributed by atoms with Gasteiger partial charge in [0.05, 0.1) is 19.4 Å². The number of fused-ring (bicyclic) bond motifs is 1. The van der Waals surface area contributed by atoms with Gasteiger partial charge in [-0.15, -0.1) is 0 Å². The van der Waals surface area contributed by atoms with Gasteiger partial charge in [0, 0.05) is 33.2 Å². The first kappa shape index (κ1) is 20.2. The van der Waals surface area contributed by atoms with Crippen LogP contribution in [0.2, 0.25) is 0 Å². The molecule has 3 amide bonds. The second-order valence-electron chi connectivity index (χ2n) is 7.51. The van der Waals surface area contributed by atoms with E-state index in [4.69, 9.17) is 9.15 Å². The van der Waals surface area contributed by atoms with Crippen molar-refractivity contribution in [2.24, 2.45) is 0 Å². The van der Waals surface area contributed by atoms with Crippen LogP contribution in [0.3, 0.4) is 0 Å². The summed E-state index contributed by atoms with van der Waals surface area (Å²) in [6.07, 6.45) is 1.81. The summed E-state index contributed by atoms with van der Waals surface area (Å²) in [4.78, 5) is 44.4. The van der Waals surface area contributed by atoms with Crippen LogP contribution < -0.4 is 0 Å². The molecule has 4 rings (SSSR count). The Bertz CT molecular complexity index is 899. The Labute approximate surface area is 175 Å². The lowest BCUT2D eigenvalue weighted by atomic mass is 9.96. The third-order valence-electron chi connectivity index (χ3n) is 5.73. The Balaban J connectivity index is 1.62. The molecule has 1 aromatic carbocycles. The molecule has 2 aliphatic rings. The van der Waals surface area contributed by atoms with E-state index in [1.54, 1.807) is 29.0 Å². The lowest BCUT2D eigenvalue weighted by Gasteiger charge is -2.49. The molecule has 2 aromatic rings. The number of carbonyl (C=O) groups excluding carboxylic acids is 3. The van der Waals surface area contributed by atoms with Gasteiger partial charge >= 0.3 is 0 Å². The number of rotatable bonds is 6. The number of ether oxygens (including phenoxy) is 1. The van der Waals surface area contributed by atoms with Crippen LogP contribution in [0.15, 0.2) is 53.1 Å². The molecule has 0 spiro atoms. The van der Waals surface area contributed by atoms with Crippen molar-refractivity contribution < 1.29 is 23.5 Å². The Kier molecular flexibility index (Phi) is 5.85. The molecule has 2 fully saturated rings. The van der Waals surface area contributed by atoms with Crippen molar-refractivity contribution in [3.63, 3.8) is 0 Å². The molecule has 0 bridgehead atoms. The topological polar surface area (TPSA) is 83.3 Å². The second kappa shape index (κ2) is 8.71. The summed E-state index contributed by atoms with van der Waals surface area (Å²) in [6.45, 7) is 1.96. The Morgan fingerprint density at radius 1 is 1.10 bits per heavy atom. The minimum absolute atomic E-state index is 0.144. The van der Waals surface area contributed by atoms with Gasteiger partial charge < -0.3 is 23.9 Å². The van der Waals surface area contributed by atoms with Crippen LogP contribution in [0.4, 0.5) is 0 Å². The van der Waals surface area contributed by atoms with Gasteiger partial charge in [0.2, 0.25) is 11.8 Å². The summed E-state index contributed by atoms with van der Waals surface area (Å²) in [6, 6.07) is 11.4. The van der Waals surface area contributed by atoms with Gasteiger partial charge in [0.15, 0.2) is 5.76 Å². The molecule has 0 radical (unpaired) electrons. The minimum atomic E-state index is -0.686. The molecule has 158 valence electrons. The Morgan fingerprint density at radius 3 is 2.60 bits per heavy atom. The predicted octanol–water partition coefficient (Wildman–Crippen LogP) is 1.03. The summed E-state index contributed by atoms with van der Waals surface area (Å²) >= 11 is 0. The van der Waals surface area contributed by atoms with E-state index in [9.17, 15) is 14.4 Å². The third-order valence-corrected chi connectivity index (χ3v) is 5.73. The van der Waals surface area contributed by atoms with E-state index < -0.39 is 12.1 Å². The van der Waals surface area contributed by atoms with Gasteiger partial charge in [-0.25, -0.2) is 0 Å². The number of piperazine rings is 2. The van der Waals surface area contributed by atoms with Crippen LogP contribution in [0, 0.1) is 0 Å². The quantitative estimate of drug-likeness (QED) is 0.709. The van der Waals surface area contributed by atoms with E-state index in [2.05, 4.69) is 0 Å². The maximum Gasteiger partial charge on any atom is 0.290 e. The first-order chi connectivity index (χ1) is 14.6. The number of methoxy groups -OCH3 is 1. The highest BCUT2D eigenvalue weighted by Crippen LogP contribution is 2.26. The standard InChI is InChI=1S/C22H25N3O5/c1-29-13-11-23-9-10-24-18(20(23)26)15-25(22(28)19-8-5-12-30-19)17(21(24)27)14-16-6-3-2-4-7-16/h2-8,12,17-18H,9-11,13-15H2,1H3/t17-,18-/m0/s1. The SMILES string of the molecule is COCCN1CCN2C(=O)[C@H](Cc3ccccc3)N(C(=O)c3ccco3)C[C@H]2C1=O. The first-order valence-electron chi connectivity index (χ1n) is 10.1. The van der Waals surface area contributed by atoms with Gasteiger partial charge in [0.25, 0.3) is 5.91 Å². The number of hydrogen-bond donors (Lipinski definition) is 0. The zero-order valence-electron chi connectivity index (χ0n) is 16.9. The van der Waals surface area contributed by atoms with E-state index in [0.29, 0.717) is 32.7 Å². The van der Waals surface area contributed by atoms with Gasteiger partial charge in [-0.05, 0) is 17.7 Å². The van der Waals surface area contributed by atoms with E-state index >= 15 is 0 Å². The molecule has 2 aliphatic heterocycles. The number of benzene rings is 1. The lowest BCUT2D eigenvalue weighted by Crippen LogP contribution is -2.70. The summed E-state index contributed by atoms with van der Waals surface area (Å²) in [5, 5.41) is 0. The van der Waals surface area contributed by atoms with Crippen LogP contribution in [0.5, 0.6) is 0 Å². The number of carbonyl (C=O) groups is 3. The Hall–Kier alpha value is -3.13. The monoisotopic (exact) mass is 411 g/mol. The highest BCUT2D eigenvalue weighted by atomic mass is 16.5. The molecule has 0 unspecified atom stereocenters. The molecular formula is C22H25N3O5. The van der Waals surface area contributed by atoms with Crippen LogP contribution in [0.25, 0.3) is 0 Å². The van der Waals surface area contributed by atoms with Crippen LogP contribution >= 0.6 is 0 Å². The number of amides is 3. The molecule has 3 heterocycles. The van der Waals surface area contributed by atoms with E-state index in [-0.39, 0.29) is 30.0 Å². The lowest BCUT2D eigenvalue weighted by molar-refractivity contribution is -0.160. The van der Waals surface area contributed by atoms with Crippen molar-refractivity contribution in [2.45, 2.75) is 18.5 Å². The minimum Gasteiger partial charge on any atom is -0.459 e. The van der Waals surface area contributed by atoms with Gasteiger partial charge in [-0.1, -0.05) is 30.3 Å². The molecule has 0 saturated carbocycles. The predicted molar refractivity (Wildman–Crippen MR) is 108 cm³/mol. The molecule has 2 saturated heterocycles. The second-order valence-corrected chi connectivity index (χ2v) is 7.51. The average Bonchev–Trinajstić information content (AvgIpc) is 3.30. The summed E-state index contributed by atoms with van der Waals surface area (Å²) < 4.78 is 10.4. The van der Waals surface area contributed by atoms with Crippen molar-refractivity contribution in [3.05, 3.63) is 60.1 Å². The van der Waals surface area contributed by atoms with Crippen LogP contribution in [0.1, 0.15) is 16.1 Å². The van der Waals surface area contributed by atoms with Crippen molar-refractivity contribution in [2.75, 3.05) is 39.9 Å². The fourth-order valence-corrected chi connectivity index (χ4v) is 4.14. The van der Waals surface area contributed by atoms with Crippen LogP contribution in [-0.2, 0) is 20.7 Å². The molecular weight excluding hydrogens is 386 g/mol. The fraction of sp³-hybridized carbons (Fsp3) is 0.409. The van der Waals surface area contributed by atoms with Crippen LogP contribution in [-0.4, -0.2) is 84.4 Å². The largest absolute Gasteiger partial charge is 0.459 e. The fourth-order valence-electron chi connectivity index (χ4n) is 4.14. The highest BCUT2D eigenvalue weighted by Gasteiger charge is 2.48. The molecule has 0 N–H and O–H groups in total. The first-order valence-corrected chi connectivity index (χ1v) is 10.1. The average molecular weight is 411 g/mol. The van der Waals surface area contributed by atoms with Crippen molar-refractivity contribution in [1.29, 1.82) is 0 Å². The molecule has 8 heteroatoms. The van der Waals surface area contributed by atoms with Gasteiger partial charge in [0.1, 0.15) is 12.1 Å². The van der Waals surface area contributed by atoms with Crippen molar-refractivity contribution >= 4 is 17.7 Å². The summed E-state index contributed by atoms with van der Waals surface area (Å²) in [7, 11) is 1.59. The highest BCUT2D eigenvalue weighted by molar-refractivity contribution is 5.99. The van der Waals surface area contributed by atoms with E-state index in [1.807, 2.05) is 30.3 Å². The van der Waals surface area contributed by atoms with Crippen molar-refractivity contribution in [1.82, 2.24) is 14.7 Å². The Morgan fingerprint density at radius 2 is 1.90 bits per heavy atom. The van der Waals surface area contributed by atoms with Gasteiger partial charge in [-0.2, -0.15) is 0 Å². The zero-order chi connectivity index (χ0) is 21.1. The molecule has 30 heavy (non-hydrogen) atoms. The number of furan rings is 1. The normalized spacial score (nSPS) is 21.7. The maximum atomic E-state index is 13.4. The molecule has 0 aliphatic carbocycles. The summed E-state index contributed by atoms with van der Waals surface area (Å²) in [5.41, 5.74) is 0.955.